The molecule has 1 saturated carbocycles. The van der Waals surface area contributed by atoms with Crippen LogP contribution in [0.1, 0.15) is 57.2 Å². The maximum atomic E-state index is 13.0. The number of hydrogen-bond donors (Lipinski definition) is 0. The van der Waals surface area contributed by atoms with Crippen LogP contribution in [0, 0.1) is 18.8 Å². The maximum Gasteiger partial charge on any atom is 0.236 e. The summed E-state index contributed by atoms with van der Waals surface area (Å²) in [6.45, 7) is 5.15. The van der Waals surface area contributed by atoms with Gasteiger partial charge in [-0.25, -0.2) is 12.7 Å². The Hall–Kier alpha value is -1.48. The maximum absolute atomic E-state index is 13.0. The van der Waals surface area contributed by atoms with Gasteiger partial charge in [-0.15, -0.1) is 0 Å². The van der Waals surface area contributed by atoms with Gasteiger partial charge in [-0.1, -0.05) is 24.4 Å². The Morgan fingerprint density at radius 2 is 1.96 bits per heavy atom. The molecular weight excluding hydrogens is 380 g/mol. The summed E-state index contributed by atoms with van der Waals surface area (Å²) in [5, 5.41) is 3.93. The number of carbonyl (C=O) groups is 1. The van der Waals surface area contributed by atoms with Gasteiger partial charge >= 0.3 is 0 Å². The average molecular weight is 411 g/mol. The molecule has 0 unspecified atom stereocenters. The average Bonchev–Trinajstić information content (AvgIpc) is 3.35. The summed E-state index contributed by atoms with van der Waals surface area (Å²) in [5.74, 6) is 1.73. The molecule has 8 nitrogen and oxygen atoms in total. The van der Waals surface area contributed by atoms with Crippen LogP contribution in [0.5, 0.6) is 0 Å². The summed E-state index contributed by atoms with van der Waals surface area (Å²) in [6, 6.07) is 0. The molecule has 1 amide bonds. The van der Waals surface area contributed by atoms with E-state index in [1.165, 1.54) is 19.3 Å². The second kappa shape index (κ2) is 7.40. The van der Waals surface area contributed by atoms with Gasteiger partial charge in [0.05, 0.1) is 11.2 Å². The molecule has 2 aliphatic heterocycles. The molecule has 1 aromatic heterocycles. The van der Waals surface area contributed by atoms with E-state index in [-0.39, 0.29) is 17.6 Å². The van der Waals surface area contributed by atoms with Crippen molar-refractivity contribution in [1.29, 1.82) is 0 Å². The quantitative estimate of drug-likeness (QED) is 0.733. The number of aromatic nitrogens is 2. The van der Waals surface area contributed by atoms with Gasteiger partial charge in [0, 0.05) is 38.5 Å². The van der Waals surface area contributed by atoms with Crippen molar-refractivity contribution in [3.05, 3.63) is 11.7 Å². The lowest BCUT2D eigenvalue weighted by Gasteiger charge is -2.27. The van der Waals surface area contributed by atoms with Gasteiger partial charge in [0.2, 0.25) is 21.8 Å². The first kappa shape index (κ1) is 19.8. The van der Waals surface area contributed by atoms with Gasteiger partial charge in [-0.3, -0.25) is 4.79 Å². The zero-order valence-corrected chi connectivity index (χ0v) is 17.6. The number of likely N-dealkylation sites (tertiary alicyclic amines) is 1. The molecule has 2 atom stereocenters. The van der Waals surface area contributed by atoms with Crippen LogP contribution in [0.2, 0.25) is 0 Å². The van der Waals surface area contributed by atoms with Crippen LogP contribution in [0.4, 0.5) is 0 Å². The van der Waals surface area contributed by atoms with Gasteiger partial charge in [0.1, 0.15) is 0 Å². The molecule has 1 aliphatic carbocycles. The molecule has 9 heteroatoms. The number of rotatable bonds is 5. The monoisotopic (exact) mass is 410 g/mol. The van der Waals surface area contributed by atoms with Crippen LogP contribution in [-0.4, -0.2) is 65.6 Å². The van der Waals surface area contributed by atoms with Crippen LogP contribution in [-0.2, 0) is 20.2 Å². The number of nitrogens with zero attached hydrogens (tertiary/aromatic N) is 4. The number of fused-ring (bicyclic) bond motifs is 1. The van der Waals surface area contributed by atoms with Gasteiger partial charge in [0.25, 0.3) is 0 Å². The first-order chi connectivity index (χ1) is 13.3. The molecule has 0 radical (unpaired) electrons. The van der Waals surface area contributed by atoms with E-state index in [0.29, 0.717) is 50.2 Å². The van der Waals surface area contributed by atoms with Crippen molar-refractivity contribution < 1.29 is 17.7 Å². The van der Waals surface area contributed by atoms with E-state index < -0.39 is 15.4 Å². The number of amides is 1. The Balaban J connectivity index is 1.55. The van der Waals surface area contributed by atoms with Crippen LogP contribution in [0.25, 0.3) is 0 Å². The normalized spacial score (nSPS) is 29.4. The van der Waals surface area contributed by atoms with Crippen molar-refractivity contribution >= 4 is 15.9 Å². The highest BCUT2D eigenvalue weighted by atomic mass is 32.2. The summed E-state index contributed by atoms with van der Waals surface area (Å²) in [6.07, 6.45) is 6.59. The lowest BCUT2D eigenvalue weighted by atomic mass is 9.81. The topological polar surface area (TPSA) is 96.6 Å². The van der Waals surface area contributed by atoms with Crippen LogP contribution in [0.15, 0.2) is 4.52 Å². The third-order valence-corrected chi connectivity index (χ3v) is 8.62. The van der Waals surface area contributed by atoms with Gasteiger partial charge in [-0.2, -0.15) is 4.98 Å². The van der Waals surface area contributed by atoms with Crippen molar-refractivity contribution in [2.45, 2.75) is 57.8 Å². The van der Waals surface area contributed by atoms with Crippen molar-refractivity contribution in [2.75, 3.05) is 31.9 Å². The molecule has 0 spiro atoms. The summed E-state index contributed by atoms with van der Waals surface area (Å²) in [5.41, 5.74) is -0.592. The number of aryl methyl sites for hydroxylation is 1. The molecule has 0 aromatic carbocycles. The van der Waals surface area contributed by atoms with Gasteiger partial charge in [0.15, 0.2) is 5.82 Å². The number of carbonyl (C=O) groups excluding carboxylic acids is 1. The second-order valence-electron chi connectivity index (χ2n) is 8.68. The first-order valence-corrected chi connectivity index (χ1v) is 12.0. The molecule has 3 aliphatic rings. The minimum atomic E-state index is -3.30. The van der Waals surface area contributed by atoms with E-state index in [2.05, 4.69) is 10.1 Å². The van der Waals surface area contributed by atoms with Crippen molar-refractivity contribution in [1.82, 2.24) is 19.3 Å². The second-order valence-corrected chi connectivity index (χ2v) is 10.9. The van der Waals surface area contributed by atoms with Crippen molar-refractivity contribution in [3.8, 4) is 0 Å². The smallest absolute Gasteiger partial charge is 0.236 e. The van der Waals surface area contributed by atoms with Crippen LogP contribution in [0.3, 0.4) is 0 Å². The molecule has 0 N–H and O–H groups in total. The number of hydrogen-bond acceptors (Lipinski definition) is 6. The molecule has 2 saturated heterocycles. The predicted molar refractivity (Wildman–Crippen MR) is 103 cm³/mol. The molecule has 1 aromatic rings. The summed E-state index contributed by atoms with van der Waals surface area (Å²) >= 11 is 0. The van der Waals surface area contributed by atoms with E-state index in [4.69, 9.17) is 4.52 Å². The Morgan fingerprint density at radius 1 is 1.21 bits per heavy atom. The summed E-state index contributed by atoms with van der Waals surface area (Å²) < 4.78 is 32.0. The zero-order valence-electron chi connectivity index (χ0n) is 16.8. The SMILES string of the molecule is CCS(=O)(=O)N1C[C@@H]2CN(C(=O)CC3CCCCC3)C[C@]2(c2nc(C)no2)C1. The largest absolute Gasteiger partial charge is 0.341 e. The third-order valence-electron chi connectivity index (χ3n) is 6.83. The molecule has 3 fully saturated rings. The molecule has 156 valence electrons. The molecule has 28 heavy (non-hydrogen) atoms. The minimum absolute atomic E-state index is 0.0102. The highest BCUT2D eigenvalue weighted by Gasteiger charge is 2.59. The Morgan fingerprint density at radius 3 is 2.61 bits per heavy atom. The Kier molecular flexibility index (Phi) is 5.24. The predicted octanol–water partition coefficient (Wildman–Crippen LogP) is 1.71. The Bertz CT molecular complexity index is 833. The fourth-order valence-electron chi connectivity index (χ4n) is 5.17. The lowest BCUT2D eigenvalue weighted by molar-refractivity contribution is -0.131. The molecular formula is C19H30N4O4S. The third kappa shape index (κ3) is 3.47. The summed E-state index contributed by atoms with van der Waals surface area (Å²) in [7, 11) is -3.30. The highest BCUT2D eigenvalue weighted by molar-refractivity contribution is 7.89. The fourth-order valence-corrected chi connectivity index (χ4v) is 6.37. The number of sulfonamides is 1. The van der Waals surface area contributed by atoms with Gasteiger partial charge in [-0.05, 0) is 32.6 Å². The minimum Gasteiger partial charge on any atom is -0.341 e. The zero-order chi connectivity index (χ0) is 19.9. The standard InChI is InChI=1S/C19H30N4O4S/c1-3-28(25,26)23-11-16-10-22(17(24)9-15-7-5-4-6-8-15)12-19(16,13-23)18-20-14(2)21-27-18/h15-16H,3-13H2,1-2H3/t16-,19-/m0/s1. The van der Waals surface area contributed by atoms with Crippen LogP contribution < -0.4 is 0 Å². The van der Waals surface area contributed by atoms with E-state index in [1.54, 1.807) is 18.2 Å². The molecule has 0 bridgehead atoms. The van der Waals surface area contributed by atoms with Crippen LogP contribution >= 0.6 is 0 Å². The molecule has 4 rings (SSSR count). The fraction of sp³-hybridized carbons (Fsp3) is 0.842. The van der Waals surface area contributed by atoms with E-state index >= 15 is 0 Å². The Labute approximate surface area is 166 Å². The van der Waals surface area contributed by atoms with Gasteiger partial charge < -0.3 is 9.42 Å². The lowest BCUT2D eigenvalue weighted by Crippen LogP contribution is -2.42. The first-order valence-electron chi connectivity index (χ1n) is 10.4. The van der Waals surface area contributed by atoms with Crippen molar-refractivity contribution in [3.63, 3.8) is 0 Å². The van der Waals surface area contributed by atoms with E-state index in [9.17, 15) is 13.2 Å². The molecule has 3 heterocycles. The van der Waals surface area contributed by atoms with Crippen molar-refractivity contribution in [2.24, 2.45) is 11.8 Å². The van der Waals surface area contributed by atoms with E-state index in [1.807, 2.05) is 4.90 Å². The van der Waals surface area contributed by atoms with E-state index in [0.717, 1.165) is 12.8 Å². The highest BCUT2D eigenvalue weighted by Crippen LogP contribution is 2.45. The summed E-state index contributed by atoms with van der Waals surface area (Å²) in [4.78, 5) is 19.3.